The van der Waals surface area contributed by atoms with Crippen molar-refractivity contribution in [2.45, 2.75) is 52.1 Å². The fraction of sp³-hybridized carbons (Fsp3) is 0.391. The van der Waals surface area contributed by atoms with E-state index in [4.69, 9.17) is 11.6 Å². The summed E-state index contributed by atoms with van der Waals surface area (Å²) < 4.78 is 0. The molecule has 6 heteroatoms. The Morgan fingerprint density at radius 2 is 1.76 bits per heavy atom. The van der Waals surface area contributed by atoms with Crippen molar-refractivity contribution in [3.05, 3.63) is 70.2 Å². The third kappa shape index (κ3) is 7.75. The van der Waals surface area contributed by atoms with E-state index in [0.29, 0.717) is 17.3 Å². The highest BCUT2D eigenvalue weighted by Gasteiger charge is 2.26. The van der Waals surface area contributed by atoms with Crippen LogP contribution in [0.1, 0.15) is 37.5 Å². The van der Waals surface area contributed by atoms with Gasteiger partial charge in [0.15, 0.2) is 0 Å². The highest BCUT2D eigenvalue weighted by Crippen LogP contribution is 2.18. The van der Waals surface area contributed by atoms with Crippen molar-refractivity contribution >= 4 is 35.2 Å². The normalized spacial score (nSPS) is 11.9. The van der Waals surface area contributed by atoms with Gasteiger partial charge in [0.2, 0.25) is 11.8 Å². The van der Waals surface area contributed by atoms with Gasteiger partial charge >= 0.3 is 0 Å². The molecule has 0 spiro atoms. The number of benzene rings is 2. The second kappa shape index (κ2) is 11.3. The lowest BCUT2D eigenvalue weighted by Crippen LogP contribution is -2.49. The first-order valence-corrected chi connectivity index (χ1v) is 11.3. The molecule has 2 aromatic carbocycles. The third-order valence-corrected chi connectivity index (χ3v) is 5.68. The van der Waals surface area contributed by atoms with Crippen molar-refractivity contribution in [3.63, 3.8) is 0 Å². The summed E-state index contributed by atoms with van der Waals surface area (Å²) in [6.45, 7) is 8.02. The molecule has 0 heterocycles. The molecule has 2 amide bonds. The fourth-order valence-corrected chi connectivity index (χ4v) is 3.90. The largest absolute Gasteiger partial charge is 0.352 e. The minimum atomic E-state index is -0.555. The molecule has 0 aliphatic carbocycles. The van der Waals surface area contributed by atoms with Crippen LogP contribution in [0, 0.1) is 6.92 Å². The number of aryl methyl sites for hydroxylation is 1. The van der Waals surface area contributed by atoms with Crippen molar-refractivity contribution in [2.75, 3.05) is 5.75 Å². The van der Waals surface area contributed by atoms with E-state index in [2.05, 4.69) is 30.4 Å². The zero-order valence-corrected chi connectivity index (χ0v) is 19.0. The summed E-state index contributed by atoms with van der Waals surface area (Å²) in [4.78, 5) is 27.2. The molecule has 0 saturated carbocycles. The van der Waals surface area contributed by atoms with Crippen LogP contribution in [0.5, 0.6) is 0 Å². The van der Waals surface area contributed by atoms with Gasteiger partial charge in [0.1, 0.15) is 6.04 Å². The minimum Gasteiger partial charge on any atom is -0.352 e. The number of thioether (sulfide) groups is 1. The van der Waals surface area contributed by atoms with E-state index in [1.54, 1.807) is 35.7 Å². The van der Waals surface area contributed by atoms with Crippen molar-refractivity contribution in [1.82, 2.24) is 10.2 Å². The summed E-state index contributed by atoms with van der Waals surface area (Å²) >= 11 is 7.53. The summed E-state index contributed by atoms with van der Waals surface area (Å²) in [5.74, 6) is 0.880. The topological polar surface area (TPSA) is 49.4 Å². The zero-order valence-electron chi connectivity index (χ0n) is 17.4. The number of halogens is 1. The van der Waals surface area contributed by atoms with Crippen molar-refractivity contribution in [1.29, 1.82) is 0 Å². The van der Waals surface area contributed by atoms with Crippen LogP contribution in [-0.4, -0.2) is 34.6 Å². The Hall–Kier alpha value is -1.98. The third-order valence-electron chi connectivity index (χ3n) is 4.44. The van der Waals surface area contributed by atoms with Crippen LogP contribution in [0.4, 0.5) is 0 Å². The van der Waals surface area contributed by atoms with Gasteiger partial charge in [-0.1, -0.05) is 53.6 Å². The Morgan fingerprint density at radius 3 is 2.38 bits per heavy atom. The number of amides is 2. The number of carbonyl (C=O) groups excluding carboxylic acids is 2. The molecule has 0 saturated heterocycles. The molecule has 0 bridgehead atoms. The molecule has 4 nitrogen and oxygen atoms in total. The Balaban J connectivity index is 2.06. The smallest absolute Gasteiger partial charge is 0.242 e. The highest BCUT2D eigenvalue weighted by atomic mass is 35.5. The first-order valence-electron chi connectivity index (χ1n) is 9.74. The molecule has 1 unspecified atom stereocenters. The Morgan fingerprint density at radius 1 is 1.07 bits per heavy atom. The molecule has 0 aliphatic rings. The fourth-order valence-electron chi connectivity index (χ4n) is 2.92. The summed E-state index contributed by atoms with van der Waals surface area (Å²) in [5, 5.41) is 3.54. The van der Waals surface area contributed by atoms with Gasteiger partial charge in [-0.2, -0.15) is 0 Å². The number of nitrogens with zero attached hydrogens (tertiary/aromatic N) is 1. The van der Waals surface area contributed by atoms with E-state index in [1.165, 1.54) is 11.1 Å². The van der Waals surface area contributed by atoms with Gasteiger partial charge in [0.05, 0.1) is 5.75 Å². The van der Waals surface area contributed by atoms with E-state index < -0.39 is 6.04 Å². The molecule has 0 aliphatic heterocycles. The average molecular weight is 433 g/mol. The van der Waals surface area contributed by atoms with Gasteiger partial charge in [-0.05, 0) is 51.0 Å². The van der Waals surface area contributed by atoms with Crippen molar-refractivity contribution < 1.29 is 9.59 Å². The van der Waals surface area contributed by atoms with Crippen molar-refractivity contribution in [3.8, 4) is 0 Å². The first kappa shape index (κ1) is 23.3. The Labute approximate surface area is 183 Å². The van der Waals surface area contributed by atoms with Gasteiger partial charge in [-0.15, -0.1) is 11.8 Å². The monoisotopic (exact) mass is 432 g/mol. The minimum absolute atomic E-state index is 0.0214. The molecule has 2 rings (SSSR count). The van der Waals surface area contributed by atoms with Crippen LogP contribution in [0.25, 0.3) is 0 Å². The van der Waals surface area contributed by atoms with E-state index in [9.17, 15) is 9.59 Å². The first-order chi connectivity index (χ1) is 13.8. The Kier molecular flexibility index (Phi) is 9.05. The summed E-state index contributed by atoms with van der Waals surface area (Å²) in [5.41, 5.74) is 3.34. The average Bonchev–Trinajstić information content (AvgIpc) is 2.66. The van der Waals surface area contributed by atoms with E-state index in [1.807, 2.05) is 32.0 Å². The van der Waals surface area contributed by atoms with E-state index in [-0.39, 0.29) is 17.9 Å². The van der Waals surface area contributed by atoms with Crippen molar-refractivity contribution in [2.24, 2.45) is 0 Å². The van der Waals surface area contributed by atoms with Gasteiger partial charge in [-0.3, -0.25) is 9.59 Å². The lowest BCUT2D eigenvalue weighted by molar-refractivity contribution is -0.138. The highest BCUT2D eigenvalue weighted by molar-refractivity contribution is 7.99. The second-order valence-corrected chi connectivity index (χ2v) is 8.89. The predicted octanol–water partition coefficient (Wildman–Crippen LogP) is 4.82. The molecule has 0 fully saturated rings. The number of rotatable bonds is 9. The molecular weight excluding hydrogens is 404 g/mol. The maximum absolute atomic E-state index is 13.0. The van der Waals surface area contributed by atoms with Gasteiger partial charge in [0, 0.05) is 23.4 Å². The maximum atomic E-state index is 13.0. The zero-order chi connectivity index (χ0) is 21.4. The predicted molar refractivity (Wildman–Crippen MR) is 122 cm³/mol. The number of hydrogen-bond donors (Lipinski definition) is 1. The molecule has 29 heavy (non-hydrogen) atoms. The molecule has 1 N–H and O–H groups in total. The summed E-state index contributed by atoms with van der Waals surface area (Å²) in [7, 11) is 0. The van der Waals surface area contributed by atoms with Crippen LogP contribution in [0.15, 0.2) is 48.5 Å². The van der Waals surface area contributed by atoms with E-state index >= 15 is 0 Å². The SMILES string of the molecule is Cc1cccc(CSCC(=O)N(Cc2ccc(Cl)cc2)C(C)C(=O)NC(C)C)c1. The molecule has 1 atom stereocenters. The molecule has 156 valence electrons. The standard InChI is InChI=1S/C23H29ClN2O2S/c1-16(2)25-23(28)18(4)26(13-19-8-10-21(24)11-9-19)22(27)15-29-14-20-7-5-6-17(3)12-20/h5-12,16,18H,13-15H2,1-4H3,(H,25,28). The summed E-state index contributed by atoms with van der Waals surface area (Å²) in [6, 6.07) is 15.1. The van der Waals surface area contributed by atoms with Gasteiger partial charge in [0.25, 0.3) is 0 Å². The van der Waals surface area contributed by atoms with E-state index in [0.717, 1.165) is 11.3 Å². The molecule has 0 radical (unpaired) electrons. The van der Waals surface area contributed by atoms with Gasteiger partial charge < -0.3 is 10.2 Å². The van der Waals surface area contributed by atoms with Crippen LogP contribution in [0.2, 0.25) is 5.02 Å². The Bertz CT molecular complexity index is 824. The van der Waals surface area contributed by atoms with Crippen LogP contribution >= 0.6 is 23.4 Å². The second-order valence-electron chi connectivity index (χ2n) is 7.47. The number of hydrogen-bond acceptors (Lipinski definition) is 3. The molecule has 0 aromatic heterocycles. The molecular formula is C23H29ClN2O2S. The quantitative estimate of drug-likeness (QED) is 0.617. The number of carbonyl (C=O) groups is 2. The van der Waals surface area contributed by atoms with Crippen LogP contribution in [-0.2, 0) is 21.9 Å². The lowest BCUT2D eigenvalue weighted by Gasteiger charge is -2.29. The van der Waals surface area contributed by atoms with Crippen LogP contribution < -0.4 is 5.32 Å². The molecule has 2 aromatic rings. The summed E-state index contributed by atoms with van der Waals surface area (Å²) in [6.07, 6.45) is 0. The van der Waals surface area contributed by atoms with Crippen LogP contribution in [0.3, 0.4) is 0 Å². The maximum Gasteiger partial charge on any atom is 0.242 e. The lowest BCUT2D eigenvalue weighted by atomic mass is 10.1. The number of nitrogens with one attached hydrogen (secondary N) is 1. The van der Waals surface area contributed by atoms with Gasteiger partial charge in [-0.25, -0.2) is 0 Å².